The van der Waals surface area contributed by atoms with E-state index in [0.717, 1.165) is 43.6 Å². The van der Waals surface area contributed by atoms with Crippen LogP contribution in [0, 0.1) is 0 Å². The fourth-order valence-electron chi connectivity index (χ4n) is 3.64. The highest BCUT2D eigenvalue weighted by molar-refractivity contribution is 7.99. The molecule has 0 unspecified atom stereocenters. The van der Waals surface area contributed by atoms with Crippen molar-refractivity contribution < 1.29 is 8.42 Å². The first-order valence-electron chi connectivity index (χ1n) is 10.3. The lowest BCUT2D eigenvalue weighted by Crippen LogP contribution is -2.35. The van der Waals surface area contributed by atoms with E-state index in [9.17, 15) is 8.42 Å². The van der Waals surface area contributed by atoms with E-state index in [-0.39, 0.29) is 4.90 Å². The Morgan fingerprint density at radius 3 is 2.40 bits per heavy atom. The van der Waals surface area contributed by atoms with Gasteiger partial charge in [-0.25, -0.2) is 23.1 Å². The van der Waals surface area contributed by atoms with Crippen LogP contribution >= 0.6 is 11.8 Å². The molecule has 1 aliphatic carbocycles. The SMILES string of the molecule is O=S(=O)(c1ccc(Sc2nc(C3CC3)n(-c3ccccc3)n2)nc1)N1CCCCC1. The van der Waals surface area contributed by atoms with Crippen molar-refractivity contribution in [2.24, 2.45) is 0 Å². The third-order valence-corrected chi connectivity index (χ3v) is 8.10. The number of nitrogens with zero attached hydrogens (tertiary/aromatic N) is 5. The van der Waals surface area contributed by atoms with Crippen molar-refractivity contribution >= 4 is 21.8 Å². The Labute approximate surface area is 180 Å². The summed E-state index contributed by atoms with van der Waals surface area (Å²) in [5.74, 6) is 1.44. The number of hydrogen-bond donors (Lipinski definition) is 0. The highest BCUT2D eigenvalue weighted by atomic mass is 32.2. The van der Waals surface area contributed by atoms with Gasteiger partial charge in [-0.15, -0.1) is 5.10 Å². The number of piperidine rings is 1. The Morgan fingerprint density at radius 1 is 0.967 bits per heavy atom. The Bertz CT molecular complexity index is 1120. The maximum Gasteiger partial charge on any atom is 0.244 e. The lowest BCUT2D eigenvalue weighted by molar-refractivity contribution is 0.346. The van der Waals surface area contributed by atoms with Crippen molar-refractivity contribution in [1.82, 2.24) is 24.1 Å². The van der Waals surface area contributed by atoms with E-state index in [0.29, 0.717) is 29.2 Å². The van der Waals surface area contributed by atoms with E-state index < -0.39 is 10.0 Å². The van der Waals surface area contributed by atoms with Gasteiger partial charge in [0.25, 0.3) is 0 Å². The van der Waals surface area contributed by atoms with Gasteiger partial charge >= 0.3 is 0 Å². The summed E-state index contributed by atoms with van der Waals surface area (Å²) in [6, 6.07) is 13.4. The number of hydrogen-bond acceptors (Lipinski definition) is 6. The van der Waals surface area contributed by atoms with Crippen molar-refractivity contribution in [3.05, 3.63) is 54.5 Å². The van der Waals surface area contributed by atoms with Gasteiger partial charge in [-0.05, 0) is 61.7 Å². The molecule has 5 rings (SSSR count). The lowest BCUT2D eigenvalue weighted by atomic mass is 10.2. The molecule has 9 heteroatoms. The summed E-state index contributed by atoms with van der Waals surface area (Å²) in [7, 11) is -3.47. The second-order valence-corrected chi connectivity index (χ2v) is 10.6. The molecule has 0 N–H and O–H groups in total. The van der Waals surface area contributed by atoms with Gasteiger partial charge < -0.3 is 0 Å². The van der Waals surface area contributed by atoms with Gasteiger partial charge in [-0.1, -0.05) is 24.6 Å². The summed E-state index contributed by atoms with van der Waals surface area (Å²) in [6.45, 7) is 1.17. The number of rotatable bonds is 6. The van der Waals surface area contributed by atoms with E-state index in [2.05, 4.69) is 10.1 Å². The number of pyridine rings is 1. The van der Waals surface area contributed by atoms with E-state index in [4.69, 9.17) is 4.98 Å². The molecular formula is C21H23N5O2S2. The molecule has 2 aromatic heterocycles. The summed E-state index contributed by atoms with van der Waals surface area (Å²) < 4.78 is 29.1. The largest absolute Gasteiger partial charge is 0.248 e. The summed E-state index contributed by atoms with van der Waals surface area (Å²) in [4.78, 5) is 9.36. The van der Waals surface area contributed by atoms with E-state index in [1.807, 2.05) is 35.0 Å². The van der Waals surface area contributed by atoms with Gasteiger partial charge in [-0.2, -0.15) is 4.31 Å². The topological polar surface area (TPSA) is 81.0 Å². The van der Waals surface area contributed by atoms with Crippen molar-refractivity contribution in [3.63, 3.8) is 0 Å². The molecule has 2 aliphatic rings. The van der Waals surface area contributed by atoms with Gasteiger partial charge in [0.15, 0.2) is 0 Å². The van der Waals surface area contributed by atoms with Crippen LogP contribution in [0.2, 0.25) is 0 Å². The van der Waals surface area contributed by atoms with Crippen LogP contribution in [-0.2, 0) is 10.0 Å². The van der Waals surface area contributed by atoms with Crippen molar-refractivity contribution in [3.8, 4) is 5.69 Å². The maximum absolute atomic E-state index is 12.8. The first-order valence-corrected chi connectivity index (χ1v) is 12.5. The molecule has 7 nitrogen and oxygen atoms in total. The smallest absolute Gasteiger partial charge is 0.244 e. The Balaban J connectivity index is 1.36. The molecule has 0 amide bonds. The lowest BCUT2D eigenvalue weighted by Gasteiger charge is -2.25. The van der Waals surface area contributed by atoms with Crippen molar-refractivity contribution in [1.29, 1.82) is 0 Å². The molecule has 0 atom stereocenters. The van der Waals surface area contributed by atoms with Crippen LogP contribution in [0.3, 0.4) is 0 Å². The zero-order chi connectivity index (χ0) is 20.6. The summed E-state index contributed by atoms with van der Waals surface area (Å²) in [5, 5.41) is 5.99. The van der Waals surface area contributed by atoms with Crippen LogP contribution < -0.4 is 0 Å². The summed E-state index contributed by atoms with van der Waals surface area (Å²) in [6.07, 6.45) is 6.64. The molecule has 0 bridgehead atoms. The monoisotopic (exact) mass is 441 g/mol. The molecule has 1 saturated carbocycles. The highest BCUT2D eigenvalue weighted by Crippen LogP contribution is 2.40. The predicted molar refractivity (Wildman–Crippen MR) is 114 cm³/mol. The Hall–Kier alpha value is -2.23. The maximum atomic E-state index is 12.8. The minimum absolute atomic E-state index is 0.246. The van der Waals surface area contributed by atoms with Gasteiger partial charge in [-0.3, -0.25) is 0 Å². The summed E-state index contributed by atoms with van der Waals surface area (Å²) in [5.41, 5.74) is 0.995. The molecule has 1 aromatic carbocycles. The second kappa shape index (κ2) is 8.13. The second-order valence-electron chi connectivity index (χ2n) is 7.67. The van der Waals surface area contributed by atoms with Gasteiger partial charge in [0, 0.05) is 25.2 Å². The molecular weight excluding hydrogens is 418 g/mol. The fourth-order valence-corrected chi connectivity index (χ4v) is 5.79. The van der Waals surface area contributed by atoms with Crippen LogP contribution in [0.5, 0.6) is 0 Å². The molecule has 1 aliphatic heterocycles. The van der Waals surface area contributed by atoms with Crippen molar-refractivity contribution in [2.75, 3.05) is 13.1 Å². The number of benzene rings is 1. The van der Waals surface area contributed by atoms with Crippen LogP contribution in [0.15, 0.2) is 63.7 Å². The molecule has 30 heavy (non-hydrogen) atoms. The molecule has 0 spiro atoms. The minimum atomic E-state index is -3.47. The number of para-hydroxylation sites is 1. The van der Waals surface area contributed by atoms with Crippen LogP contribution in [0.1, 0.15) is 43.8 Å². The first kappa shape index (κ1) is 19.7. The normalized spacial score (nSPS) is 17.9. The van der Waals surface area contributed by atoms with Gasteiger partial charge in [0.2, 0.25) is 15.2 Å². The zero-order valence-electron chi connectivity index (χ0n) is 16.5. The van der Waals surface area contributed by atoms with Crippen LogP contribution in [0.4, 0.5) is 0 Å². The first-order chi connectivity index (χ1) is 14.6. The molecule has 0 radical (unpaired) electrons. The zero-order valence-corrected chi connectivity index (χ0v) is 18.1. The van der Waals surface area contributed by atoms with E-state index in [1.54, 1.807) is 16.4 Å². The average molecular weight is 442 g/mol. The standard InChI is InChI=1S/C21H23N5O2S2/c27-30(28,25-13-5-2-6-14-25)18-11-12-19(22-15-18)29-21-23-20(16-9-10-16)26(24-21)17-7-3-1-4-8-17/h1,3-4,7-8,11-12,15-16H,2,5-6,9-10,13-14H2. The van der Waals surface area contributed by atoms with Crippen LogP contribution in [-0.4, -0.2) is 45.6 Å². The molecule has 2 fully saturated rings. The Kier molecular flexibility index (Phi) is 5.34. The highest BCUT2D eigenvalue weighted by Gasteiger charge is 2.31. The number of aromatic nitrogens is 4. The number of sulfonamides is 1. The summed E-state index contributed by atoms with van der Waals surface area (Å²) >= 11 is 1.35. The molecule has 3 heterocycles. The van der Waals surface area contributed by atoms with Gasteiger partial charge in [0.1, 0.15) is 15.7 Å². The van der Waals surface area contributed by atoms with Crippen LogP contribution in [0.25, 0.3) is 5.69 Å². The van der Waals surface area contributed by atoms with E-state index in [1.165, 1.54) is 18.0 Å². The predicted octanol–water partition coefficient (Wildman–Crippen LogP) is 3.87. The molecule has 1 saturated heterocycles. The van der Waals surface area contributed by atoms with E-state index >= 15 is 0 Å². The third-order valence-electron chi connectivity index (χ3n) is 5.41. The fraction of sp³-hybridized carbons (Fsp3) is 0.381. The van der Waals surface area contributed by atoms with Gasteiger partial charge in [0.05, 0.1) is 5.69 Å². The minimum Gasteiger partial charge on any atom is -0.248 e. The quantitative estimate of drug-likeness (QED) is 0.578. The third kappa shape index (κ3) is 4.01. The molecule has 3 aromatic rings. The average Bonchev–Trinajstić information content (AvgIpc) is 3.55. The molecule has 156 valence electrons. The Morgan fingerprint density at radius 2 is 1.73 bits per heavy atom. The van der Waals surface area contributed by atoms with Crippen molar-refractivity contribution in [2.45, 2.75) is 53.1 Å².